The molecule has 0 fully saturated rings. The van der Waals surface area contributed by atoms with E-state index in [1.807, 2.05) is 0 Å². The Labute approximate surface area is 121 Å². The number of ether oxygens (including phenoxy) is 4. The first-order valence-electron chi connectivity index (χ1n) is 7.15. The zero-order chi connectivity index (χ0) is 15.3. The van der Waals surface area contributed by atoms with Crippen LogP contribution >= 0.6 is 0 Å². The molecule has 2 N–H and O–H groups in total. The molecule has 0 rings (SSSR count). The summed E-state index contributed by atoms with van der Waals surface area (Å²) >= 11 is 0. The molecule has 0 aliphatic rings. The highest BCUT2D eigenvalue weighted by atomic mass is 16.5. The summed E-state index contributed by atoms with van der Waals surface area (Å²) in [5, 5.41) is 0. The zero-order valence-corrected chi connectivity index (χ0v) is 13.0. The minimum absolute atomic E-state index is 0.340. The van der Waals surface area contributed by atoms with E-state index in [2.05, 4.69) is 0 Å². The predicted molar refractivity (Wildman–Crippen MR) is 76.6 cm³/mol. The van der Waals surface area contributed by atoms with Gasteiger partial charge in [0.25, 0.3) is 0 Å². The van der Waals surface area contributed by atoms with Crippen molar-refractivity contribution in [1.82, 2.24) is 0 Å². The molecular formula is C14H29NO5. The third-order valence-corrected chi connectivity index (χ3v) is 2.78. The van der Waals surface area contributed by atoms with Crippen LogP contribution in [-0.4, -0.2) is 58.3 Å². The second kappa shape index (κ2) is 12.1. The highest BCUT2D eigenvalue weighted by molar-refractivity contribution is 5.79. The maximum Gasteiger partial charge on any atom is 0.325 e. The summed E-state index contributed by atoms with van der Waals surface area (Å²) in [4.78, 5) is 11.6. The lowest BCUT2D eigenvalue weighted by Crippen LogP contribution is -2.46. The fraction of sp³-hybridized carbons (Fsp3) is 0.929. The molecule has 120 valence electrons. The van der Waals surface area contributed by atoms with Gasteiger partial charge in [0.15, 0.2) is 0 Å². The van der Waals surface area contributed by atoms with Crippen LogP contribution in [0.5, 0.6) is 0 Å². The Morgan fingerprint density at radius 1 is 1.05 bits per heavy atom. The Kier molecular flexibility index (Phi) is 11.7. The Bertz CT molecular complexity index is 246. The van der Waals surface area contributed by atoms with E-state index in [0.29, 0.717) is 46.1 Å². The van der Waals surface area contributed by atoms with E-state index in [1.54, 1.807) is 21.0 Å². The van der Waals surface area contributed by atoms with Crippen molar-refractivity contribution < 1.29 is 23.7 Å². The van der Waals surface area contributed by atoms with Gasteiger partial charge in [-0.3, -0.25) is 4.79 Å². The van der Waals surface area contributed by atoms with Crippen LogP contribution in [0.2, 0.25) is 0 Å². The maximum absolute atomic E-state index is 11.6. The molecule has 0 aliphatic carbocycles. The smallest absolute Gasteiger partial charge is 0.325 e. The van der Waals surface area contributed by atoms with Crippen molar-refractivity contribution in [3.8, 4) is 0 Å². The lowest BCUT2D eigenvalue weighted by Gasteiger charge is -2.21. The van der Waals surface area contributed by atoms with Crippen LogP contribution in [0.1, 0.15) is 33.1 Å². The van der Waals surface area contributed by atoms with Crippen molar-refractivity contribution in [1.29, 1.82) is 0 Å². The topological polar surface area (TPSA) is 80.0 Å². The summed E-state index contributed by atoms with van der Waals surface area (Å²) in [5.74, 6) is -0.340. The molecule has 0 radical (unpaired) electrons. The van der Waals surface area contributed by atoms with Gasteiger partial charge < -0.3 is 24.7 Å². The maximum atomic E-state index is 11.6. The summed E-state index contributed by atoms with van der Waals surface area (Å²) < 4.78 is 20.5. The second-order valence-corrected chi connectivity index (χ2v) is 4.81. The number of nitrogens with two attached hydrogens (primary N) is 1. The van der Waals surface area contributed by atoms with E-state index in [-0.39, 0.29) is 5.97 Å². The molecule has 0 saturated heterocycles. The van der Waals surface area contributed by atoms with E-state index in [9.17, 15) is 4.79 Å². The molecule has 0 heterocycles. The number of methoxy groups -OCH3 is 1. The van der Waals surface area contributed by atoms with Crippen LogP contribution in [0, 0.1) is 0 Å². The summed E-state index contributed by atoms with van der Waals surface area (Å²) in [6.45, 7) is 6.81. The van der Waals surface area contributed by atoms with Gasteiger partial charge in [-0.2, -0.15) is 0 Å². The predicted octanol–water partition coefficient (Wildman–Crippen LogP) is 1.12. The first kappa shape index (κ1) is 19.3. The van der Waals surface area contributed by atoms with E-state index in [4.69, 9.17) is 24.7 Å². The average molecular weight is 291 g/mol. The standard InChI is InChI=1S/C14H29NO5/c1-4-20-13(16)14(2,15)7-5-6-8-18-11-12-19-10-9-17-3/h4-12,15H2,1-3H3. The monoisotopic (exact) mass is 291 g/mol. The Hall–Kier alpha value is -0.690. The number of rotatable bonds is 13. The molecule has 0 aromatic heterocycles. The molecule has 0 spiro atoms. The number of carbonyl (C=O) groups is 1. The Morgan fingerprint density at radius 3 is 2.25 bits per heavy atom. The van der Waals surface area contributed by atoms with Crippen LogP contribution in [0.25, 0.3) is 0 Å². The molecule has 0 aromatic carbocycles. The first-order valence-corrected chi connectivity index (χ1v) is 7.15. The third-order valence-electron chi connectivity index (χ3n) is 2.78. The molecule has 0 bridgehead atoms. The van der Waals surface area contributed by atoms with Crippen molar-refractivity contribution >= 4 is 5.97 Å². The van der Waals surface area contributed by atoms with Gasteiger partial charge in [0, 0.05) is 13.7 Å². The van der Waals surface area contributed by atoms with Gasteiger partial charge in [-0.1, -0.05) is 0 Å². The van der Waals surface area contributed by atoms with Crippen LogP contribution in [-0.2, 0) is 23.7 Å². The van der Waals surface area contributed by atoms with Gasteiger partial charge in [0.1, 0.15) is 5.54 Å². The van der Waals surface area contributed by atoms with E-state index in [1.165, 1.54) is 0 Å². The van der Waals surface area contributed by atoms with Crippen molar-refractivity contribution in [2.45, 2.75) is 38.6 Å². The van der Waals surface area contributed by atoms with E-state index < -0.39 is 5.54 Å². The number of unbranched alkanes of at least 4 members (excludes halogenated alkanes) is 1. The molecule has 6 nitrogen and oxygen atoms in total. The lowest BCUT2D eigenvalue weighted by atomic mass is 9.96. The second-order valence-electron chi connectivity index (χ2n) is 4.81. The number of hydrogen-bond acceptors (Lipinski definition) is 6. The van der Waals surface area contributed by atoms with Crippen LogP contribution < -0.4 is 5.73 Å². The normalized spacial score (nSPS) is 14.0. The van der Waals surface area contributed by atoms with Gasteiger partial charge in [-0.05, 0) is 33.1 Å². The minimum Gasteiger partial charge on any atom is -0.465 e. The van der Waals surface area contributed by atoms with Gasteiger partial charge in [0.2, 0.25) is 0 Å². The minimum atomic E-state index is -0.903. The summed E-state index contributed by atoms with van der Waals surface area (Å²) in [7, 11) is 1.64. The lowest BCUT2D eigenvalue weighted by molar-refractivity contribution is -0.149. The zero-order valence-electron chi connectivity index (χ0n) is 13.0. The van der Waals surface area contributed by atoms with Gasteiger partial charge in [0.05, 0.1) is 33.0 Å². The largest absolute Gasteiger partial charge is 0.465 e. The molecule has 1 atom stereocenters. The van der Waals surface area contributed by atoms with Crippen LogP contribution in [0.4, 0.5) is 0 Å². The summed E-state index contributed by atoms with van der Waals surface area (Å²) in [6.07, 6.45) is 2.29. The Balaban J connectivity index is 3.41. The average Bonchev–Trinajstić information content (AvgIpc) is 2.41. The highest BCUT2D eigenvalue weighted by Gasteiger charge is 2.28. The highest BCUT2D eigenvalue weighted by Crippen LogP contribution is 2.12. The molecule has 20 heavy (non-hydrogen) atoms. The molecule has 0 amide bonds. The van der Waals surface area contributed by atoms with Gasteiger partial charge >= 0.3 is 5.97 Å². The number of hydrogen-bond donors (Lipinski definition) is 1. The van der Waals surface area contributed by atoms with Gasteiger partial charge in [-0.15, -0.1) is 0 Å². The van der Waals surface area contributed by atoms with Gasteiger partial charge in [-0.25, -0.2) is 0 Å². The van der Waals surface area contributed by atoms with E-state index >= 15 is 0 Å². The molecular weight excluding hydrogens is 262 g/mol. The quantitative estimate of drug-likeness (QED) is 0.404. The van der Waals surface area contributed by atoms with Crippen LogP contribution in [0.15, 0.2) is 0 Å². The summed E-state index contributed by atoms with van der Waals surface area (Å²) in [5.41, 5.74) is 5.00. The SMILES string of the molecule is CCOC(=O)C(C)(N)CCCCOCCOCCOC. The van der Waals surface area contributed by atoms with Crippen molar-refractivity contribution in [3.63, 3.8) is 0 Å². The first-order chi connectivity index (χ1) is 9.54. The molecule has 6 heteroatoms. The fourth-order valence-corrected chi connectivity index (χ4v) is 1.56. The number of carbonyl (C=O) groups excluding carboxylic acids is 1. The molecule has 0 saturated carbocycles. The third kappa shape index (κ3) is 10.1. The van der Waals surface area contributed by atoms with Crippen molar-refractivity contribution in [2.24, 2.45) is 5.73 Å². The molecule has 0 aromatic rings. The van der Waals surface area contributed by atoms with Crippen molar-refractivity contribution in [2.75, 3.05) is 46.8 Å². The van der Waals surface area contributed by atoms with Crippen LogP contribution in [0.3, 0.4) is 0 Å². The summed E-state index contributed by atoms with van der Waals surface area (Å²) in [6, 6.07) is 0. The van der Waals surface area contributed by atoms with E-state index in [0.717, 1.165) is 12.8 Å². The number of esters is 1. The Morgan fingerprint density at radius 2 is 1.65 bits per heavy atom. The molecule has 1 unspecified atom stereocenters. The molecule has 0 aliphatic heterocycles. The van der Waals surface area contributed by atoms with Crippen molar-refractivity contribution in [3.05, 3.63) is 0 Å². The fourth-order valence-electron chi connectivity index (χ4n) is 1.56.